The van der Waals surface area contributed by atoms with E-state index in [1.807, 2.05) is 18.6 Å². The third-order valence-corrected chi connectivity index (χ3v) is 8.94. The summed E-state index contributed by atoms with van der Waals surface area (Å²) in [4.78, 5) is 23.5. The maximum absolute atomic E-state index is 11.7. The van der Waals surface area contributed by atoms with Crippen LogP contribution >= 0.6 is 23.2 Å². The van der Waals surface area contributed by atoms with Crippen LogP contribution in [0, 0.1) is 5.92 Å². The molecule has 0 spiro atoms. The van der Waals surface area contributed by atoms with Crippen LogP contribution in [0.1, 0.15) is 52.8 Å². The van der Waals surface area contributed by atoms with E-state index in [1.165, 1.54) is 5.56 Å². The molecule has 1 fully saturated rings. The minimum Gasteiger partial charge on any atom is -0.487 e. The van der Waals surface area contributed by atoms with Gasteiger partial charge in [0.15, 0.2) is 0 Å². The number of aryl methyl sites for hydroxylation is 1. The zero-order chi connectivity index (χ0) is 30.6. The Bertz CT molecular complexity index is 1770. The molecule has 44 heavy (non-hydrogen) atoms. The molecule has 6 rings (SSSR count). The van der Waals surface area contributed by atoms with Gasteiger partial charge in [0.2, 0.25) is 0 Å². The summed E-state index contributed by atoms with van der Waals surface area (Å²) < 4.78 is 10.2. The third kappa shape index (κ3) is 6.93. The van der Waals surface area contributed by atoms with Gasteiger partial charge in [-0.15, -0.1) is 0 Å². The molecule has 3 heterocycles. The Labute approximate surface area is 266 Å². The van der Waals surface area contributed by atoms with Crippen LogP contribution in [0.15, 0.2) is 73.2 Å². The van der Waals surface area contributed by atoms with E-state index in [4.69, 9.17) is 32.9 Å². The van der Waals surface area contributed by atoms with E-state index in [-0.39, 0.29) is 5.56 Å². The monoisotopic (exact) mass is 631 g/mol. The molecule has 0 radical (unpaired) electrons. The molecule has 10 heteroatoms. The topological polar surface area (TPSA) is 85.4 Å². The summed E-state index contributed by atoms with van der Waals surface area (Å²) in [5.74, 6) is 1.23. The molecule has 1 aliphatic rings. The summed E-state index contributed by atoms with van der Waals surface area (Å²) in [7, 11) is 0. The van der Waals surface area contributed by atoms with Gasteiger partial charge in [-0.3, -0.25) is 4.90 Å². The number of imidazole rings is 2. The van der Waals surface area contributed by atoms with Gasteiger partial charge < -0.3 is 19.0 Å². The van der Waals surface area contributed by atoms with Crippen LogP contribution in [0.25, 0.3) is 11.0 Å². The lowest BCUT2D eigenvalue weighted by atomic mass is 9.89. The van der Waals surface area contributed by atoms with E-state index in [1.54, 1.807) is 30.3 Å². The number of hydrogen-bond donors (Lipinski definition) is 1. The van der Waals surface area contributed by atoms with Crippen LogP contribution in [0.4, 0.5) is 0 Å². The van der Waals surface area contributed by atoms with Gasteiger partial charge in [-0.05, 0) is 92.7 Å². The number of likely N-dealkylation sites (tertiary alicyclic amines) is 1. The lowest BCUT2D eigenvalue weighted by molar-refractivity contribution is 0.0697. The average Bonchev–Trinajstić information content (AvgIpc) is 3.61. The number of aromatic nitrogens is 4. The summed E-state index contributed by atoms with van der Waals surface area (Å²) in [5, 5.41) is 10.7. The second kappa shape index (κ2) is 13.4. The lowest BCUT2D eigenvalue weighted by Crippen LogP contribution is -2.34. The molecule has 0 saturated carbocycles. The maximum atomic E-state index is 11.7. The van der Waals surface area contributed by atoms with Gasteiger partial charge in [0, 0.05) is 17.8 Å². The standard InChI is InChI=1S/C34H35Cl2N5O3/c1-2-40-22-37-18-28(40)19-41-31-16-26(34(42)43)6-8-30(31)38-33(41)20-39-12-10-23(11-13-39)14-24-4-3-5-25(15-24)21-44-32-9-7-27(35)17-29(32)36/h3-9,15-18,22-23H,2,10-14,19-21H2,1H3,(H,42,43). The highest BCUT2D eigenvalue weighted by Gasteiger charge is 2.23. The molecule has 1 aliphatic heterocycles. The van der Waals surface area contributed by atoms with Crippen molar-refractivity contribution in [3.63, 3.8) is 0 Å². The van der Waals surface area contributed by atoms with E-state index in [9.17, 15) is 9.90 Å². The van der Waals surface area contributed by atoms with Crippen LogP contribution < -0.4 is 4.74 Å². The number of rotatable bonds is 11. The van der Waals surface area contributed by atoms with Gasteiger partial charge >= 0.3 is 5.97 Å². The first-order valence-corrected chi connectivity index (χ1v) is 15.7. The summed E-state index contributed by atoms with van der Waals surface area (Å²) in [6, 6.07) is 19.0. The van der Waals surface area contributed by atoms with Gasteiger partial charge in [-0.1, -0.05) is 47.5 Å². The molecule has 2 aromatic heterocycles. The summed E-state index contributed by atoms with van der Waals surface area (Å²) in [5.41, 5.74) is 5.40. The molecule has 5 aromatic rings. The number of fused-ring (bicyclic) bond motifs is 1. The first kappa shape index (κ1) is 30.2. The number of carboxylic acids is 1. The molecule has 3 aromatic carbocycles. The number of piperidine rings is 1. The van der Waals surface area contributed by atoms with Crippen molar-refractivity contribution in [3.05, 3.63) is 111 Å². The number of aromatic carboxylic acids is 1. The maximum Gasteiger partial charge on any atom is 0.335 e. The number of halogens is 2. The van der Waals surface area contributed by atoms with Crippen molar-refractivity contribution in [2.24, 2.45) is 5.92 Å². The first-order chi connectivity index (χ1) is 21.4. The van der Waals surface area contributed by atoms with E-state index in [2.05, 4.69) is 50.2 Å². The molecule has 0 amide bonds. The zero-order valence-electron chi connectivity index (χ0n) is 24.6. The molecule has 0 atom stereocenters. The Kier molecular flexibility index (Phi) is 9.21. The lowest BCUT2D eigenvalue weighted by Gasteiger charge is -2.32. The van der Waals surface area contributed by atoms with E-state index < -0.39 is 5.97 Å². The molecule has 0 unspecified atom stereocenters. The fourth-order valence-corrected chi connectivity index (χ4v) is 6.47. The highest BCUT2D eigenvalue weighted by Crippen LogP contribution is 2.29. The number of carboxylic acid groups (broad SMARTS) is 1. The number of nitrogens with zero attached hydrogens (tertiary/aromatic N) is 5. The Balaban J connectivity index is 1.10. The predicted molar refractivity (Wildman–Crippen MR) is 173 cm³/mol. The molecule has 228 valence electrons. The molecule has 1 N–H and O–H groups in total. The summed E-state index contributed by atoms with van der Waals surface area (Å²) in [6.45, 7) is 6.62. The van der Waals surface area contributed by atoms with Gasteiger partial charge in [-0.25, -0.2) is 14.8 Å². The molecular formula is C34H35Cl2N5O3. The van der Waals surface area contributed by atoms with Gasteiger partial charge in [0.1, 0.15) is 18.2 Å². The average molecular weight is 633 g/mol. The number of hydrogen-bond acceptors (Lipinski definition) is 5. The molecule has 8 nitrogen and oxygen atoms in total. The second-order valence-electron chi connectivity index (χ2n) is 11.4. The Morgan fingerprint density at radius 3 is 2.61 bits per heavy atom. The van der Waals surface area contributed by atoms with Crippen molar-refractivity contribution >= 4 is 40.2 Å². The fourth-order valence-electron chi connectivity index (χ4n) is 6.01. The molecule has 1 saturated heterocycles. The number of ether oxygens (including phenoxy) is 1. The Hall–Kier alpha value is -3.85. The minimum atomic E-state index is -0.939. The van der Waals surface area contributed by atoms with E-state index in [0.29, 0.717) is 41.4 Å². The van der Waals surface area contributed by atoms with Gasteiger partial charge in [0.25, 0.3) is 0 Å². The normalized spacial score (nSPS) is 14.3. The van der Waals surface area contributed by atoms with E-state index in [0.717, 1.165) is 67.0 Å². The predicted octanol–water partition coefficient (Wildman–Crippen LogP) is 7.34. The third-order valence-electron chi connectivity index (χ3n) is 8.41. The summed E-state index contributed by atoms with van der Waals surface area (Å²) >= 11 is 12.3. The summed E-state index contributed by atoms with van der Waals surface area (Å²) in [6.07, 6.45) is 6.94. The largest absolute Gasteiger partial charge is 0.487 e. The molecule has 0 aliphatic carbocycles. The smallest absolute Gasteiger partial charge is 0.335 e. The van der Waals surface area contributed by atoms with Crippen LogP contribution in [0.3, 0.4) is 0 Å². The van der Waals surface area contributed by atoms with Crippen molar-refractivity contribution in [2.75, 3.05) is 13.1 Å². The van der Waals surface area contributed by atoms with Crippen molar-refractivity contribution in [3.8, 4) is 5.75 Å². The van der Waals surface area contributed by atoms with Crippen molar-refractivity contribution < 1.29 is 14.6 Å². The van der Waals surface area contributed by atoms with Crippen molar-refractivity contribution in [2.45, 2.75) is 52.4 Å². The minimum absolute atomic E-state index is 0.263. The van der Waals surface area contributed by atoms with Crippen LogP contribution in [-0.2, 0) is 32.7 Å². The number of benzene rings is 3. The van der Waals surface area contributed by atoms with Crippen molar-refractivity contribution in [1.29, 1.82) is 0 Å². The van der Waals surface area contributed by atoms with Crippen molar-refractivity contribution in [1.82, 2.24) is 24.0 Å². The first-order valence-electron chi connectivity index (χ1n) is 15.0. The quantitative estimate of drug-likeness (QED) is 0.164. The van der Waals surface area contributed by atoms with Gasteiger partial charge in [-0.2, -0.15) is 0 Å². The highest BCUT2D eigenvalue weighted by molar-refractivity contribution is 6.35. The van der Waals surface area contributed by atoms with Crippen LogP contribution in [-0.4, -0.2) is 48.2 Å². The molecular weight excluding hydrogens is 597 g/mol. The SMILES string of the molecule is CCn1cncc1Cn1c(CN2CCC(Cc3cccc(COc4ccc(Cl)cc4Cl)c3)CC2)nc2ccc(C(=O)O)cc21. The fraction of sp³-hybridized carbons (Fsp3) is 0.324. The number of carbonyl (C=O) groups is 1. The molecule has 0 bridgehead atoms. The van der Waals surface area contributed by atoms with E-state index >= 15 is 0 Å². The van der Waals surface area contributed by atoms with Crippen LogP contribution in [0.5, 0.6) is 5.75 Å². The Morgan fingerprint density at radius 2 is 1.84 bits per heavy atom. The van der Waals surface area contributed by atoms with Gasteiger partial charge in [0.05, 0.1) is 46.7 Å². The highest BCUT2D eigenvalue weighted by atomic mass is 35.5. The Morgan fingerprint density at radius 1 is 1.02 bits per heavy atom. The van der Waals surface area contributed by atoms with Crippen LogP contribution in [0.2, 0.25) is 10.0 Å². The second-order valence-corrected chi connectivity index (χ2v) is 12.2. The zero-order valence-corrected chi connectivity index (χ0v) is 26.1.